The van der Waals surface area contributed by atoms with Gasteiger partial charge in [0.2, 0.25) is 0 Å². The molecule has 5 aromatic rings. The lowest BCUT2D eigenvalue weighted by molar-refractivity contribution is 0.0697. The van der Waals surface area contributed by atoms with Gasteiger partial charge in [-0.25, -0.2) is 14.8 Å². The van der Waals surface area contributed by atoms with E-state index in [1.165, 1.54) is 0 Å². The van der Waals surface area contributed by atoms with Crippen molar-refractivity contribution in [2.24, 2.45) is 0 Å². The topological polar surface area (TPSA) is 84.3 Å². The molecule has 2 N–H and O–H groups in total. The maximum atomic E-state index is 11.2. The van der Waals surface area contributed by atoms with E-state index in [9.17, 15) is 9.90 Å². The van der Waals surface area contributed by atoms with Crippen LogP contribution in [-0.4, -0.2) is 28.2 Å². The zero-order valence-electron chi connectivity index (χ0n) is 17.5. The van der Waals surface area contributed by atoms with Gasteiger partial charge in [0.15, 0.2) is 5.82 Å². The predicted molar refractivity (Wildman–Crippen MR) is 133 cm³/mol. The molecule has 0 aliphatic rings. The van der Waals surface area contributed by atoms with Crippen molar-refractivity contribution in [3.63, 3.8) is 0 Å². The number of anilines is 1. The molecule has 164 valence electrons. The molecule has 8 heteroatoms. The summed E-state index contributed by atoms with van der Waals surface area (Å²) in [5, 5.41) is 15.2. The third-order valence-electron chi connectivity index (χ3n) is 5.31. The smallest absolute Gasteiger partial charge is 0.335 e. The summed E-state index contributed by atoms with van der Waals surface area (Å²) in [6.07, 6.45) is 0. The molecule has 0 unspecified atom stereocenters. The molecule has 0 aliphatic heterocycles. The van der Waals surface area contributed by atoms with E-state index < -0.39 is 5.97 Å². The van der Waals surface area contributed by atoms with Crippen molar-refractivity contribution >= 4 is 55.0 Å². The summed E-state index contributed by atoms with van der Waals surface area (Å²) in [6.45, 7) is 0.511. The van der Waals surface area contributed by atoms with Gasteiger partial charge in [-0.05, 0) is 35.9 Å². The molecule has 0 aliphatic carbocycles. The molecule has 5 rings (SSSR count). The highest BCUT2D eigenvalue weighted by Crippen LogP contribution is 2.38. The van der Waals surface area contributed by atoms with E-state index in [4.69, 9.17) is 26.3 Å². The highest BCUT2D eigenvalue weighted by atomic mass is 35.5. The number of halogens is 1. The van der Waals surface area contributed by atoms with Crippen molar-refractivity contribution in [2.75, 3.05) is 12.4 Å². The van der Waals surface area contributed by atoms with Gasteiger partial charge in [0.25, 0.3) is 0 Å². The van der Waals surface area contributed by atoms with Crippen molar-refractivity contribution in [3.8, 4) is 17.1 Å². The number of benzene rings is 3. The molecule has 2 aromatic heterocycles. The maximum absolute atomic E-state index is 11.2. The van der Waals surface area contributed by atoms with Crippen LogP contribution in [0, 0.1) is 0 Å². The number of rotatable bonds is 6. The predicted octanol–water partition coefficient (Wildman–Crippen LogP) is 6.48. The van der Waals surface area contributed by atoms with Crippen LogP contribution in [0.15, 0.2) is 66.7 Å². The monoisotopic (exact) mass is 475 g/mol. The van der Waals surface area contributed by atoms with E-state index in [1.807, 2.05) is 30.3 Å². The summed E-state index contributed by atoms with van der Waals surface area (Å²) in [7, 11) is 1.59. The maximum Gasteiger partial charge on any atom is 0.335 e. The van der Waals surface area contributed by atoms with Crippen LogP contribution >= 0.6 is 22.9 Å². The van der Waals surface area contributed by atoms with Gasteiger partial charge in [0.05, 0.1) is 23.1 Å². The Kier molecular flexibility index (Phi) is 5.58. The minimum Gasteiger partial charge on any atom is -0.495 e. The van der Waals surface area contributed by atoms with E-state index in [0.717, 1.165) is 31.4 Å². The summed E-state index contributed by atoms with van der Waals surface area (Å²) in [4.78, 5) is 21.7. The number of carboxylic acid groups (broad SMARTS) is 1. The number of nitrogens with one attached hydrogen (secondary N) is 1. The van der Waals surface area contributed by atoms with Crippen LogP contribution in [0.3, 0.4) is 0 Å². The summed E-state index contributed by atoms with van der Waals surface area (Å²) in [6, 6.07) is 20.4. The highest BCUT2D eigenvalue weighted by Gasteiger charge is 2.16. The molecule has 0 radical (unpaired) electrons. The number of nitrogens with zero attached hydrogens (tertiary/aromatic N) is 2. The molecule has 0 amide bonds. The fourth-order valence-electron chi connectivity index (χ4n) is 3.65. The minimum absolute atomic E-state index is 0.219. The molecule has 6 nitrogen and oxygen atoms in total. The van der Waals surface area contributed by atoms with Crippen molar-refractivity contribution in [2.45, 2.75) is 6.54 Å². The quantitative estimate of drug-likeness (QED) is 0.292. The number of fused-ring (bicyclic) bond motifs is 3. The van der Waals surface area contributed by atoms with E-state index in [1.54, 1.807) is 42.7 Å². The summed E-state index contributed by atoms with van der Waals surface area (Å²) >= 11 is 7.89. The molecule has 3 aromatic carbocycles. The second-order valence-corrected chi connectivity index (χ2v) is 8.82. The number of aromatic nitrogens is 2. The van der Waals surface area contributed by atoms with Crippen LogP contribution < -0.4 is 10.1 Å². The fourth-order valence-corrected chi connectivity index (χ4v) is 5.00. The van der Waals surface area contributed by atoms with Crippen molar-refractivity contribution in [1.82, 2.24) is 9.97 Å². The fraction of sp³-hybridized carbons (Fsp3) is 0.0800. The molecule has 2 heterocycles. The standard InChI is InChI=1S/C25H18ClN3O3S/c1-32-19-11-6-14(12-18(19)26)13-27-23-21-17-4-2-3-5-20(17)33-24(21)29-22(28-23)15-7-9-16(10-8-15)25(30)31/h2-12H,13H2,1H3,(H,30,31)(H,27,28,29). The lowest BCUT2D eigenvalue weighted by atomic mass is 10.1. The van der Waals surface area contributed by atoms with Gasteiger partial charge >= 0.3 is 5.97 Å². The van der Waals surface area contributed by atoms with Gasteiger partial charge in [-0.15, -0.1) is 11.3 Å². The van der Waals surface area contributed by atoms with Gasteiger partial charge in [-0.1, -0.05) is 48.0 Å². The average molecular weight is 476 g/mol. The number of hydrogen-bond donors (Lipinski definition) is 2. The normalized spacial score (nSPS) is 11.1. The van der Waals surface area contributed by atoms with E-state index in [0.29, 0.717) is 29.0 Å². The summed E-state index contributed by atoms with van der Waals surface area (Å²) in [5.41, 5.74) is 1.95. The largest absolute Gasteiger partial charge is 0.495 e. The Morgan fingerprint density at radius 1 is 1.09 bits per heavy atom. The average Bonchev–Trinajstić information content (AvgIpc) is 3.21. The molecule has 33 heavy (non-hydrogen) atoms. The minimum atomic E-state index is -0.970. The first-order valence-electron chi connectivity index (χ1n) is 10.1. The van der Waals surface area contributed by atoms with E-state index in [-0.39, 0.29) is 5.56 Å². The molecule has 0 atom stereocenters. The number of carbonyl (C=O) groups is 1. The number of ether oxygens (including phenoxy) is 1. The molecule has 0 saturated carbocycles. The van der Waals surface area contributed by atoms with Crippen LogP contribution in [0.2, 0.25) is 5.02 Å². The zero-order chi connectivity index (χ0) is 22.9. The van der Waals surface area contributed by atoms with Crippen LogP contribution in [0.25, 0.3) is 31.7 Å². The van der Waals surface area contributed by atoms with Crippen LogP contribution in [0.4, 0.5) is 5.82 Å². The number of aromatic carboxylic acids is 1. The Bertz CT molecular complexity index is 1500. The Morgan fingerprint density at radius 3 is 2.61 bits per heavy atom. The van der Waals surface area contributed by atoms with Gasteiger partial charge in [0, 0.05) is 22.2 Å². The molecule has 0 bridgehead atoms. The Morgan fingerprint density at radius 2 is 1.88 bits per heavy atom. The SMILES string of the molecule is COc1ccc(CNc2nc(-c3ccc(C(=O)O)cc3)nc3sc4ccccc4c23)cc1Cl. The molecule has 0 saturated heterocycles. The molecular formula is C25H18ClN3O3S. The third kappa shape index (κ3) is 4.08. The third-order valence-corrected chi connectivity index (χ3v) is 6.67. The van der Waals surface area contributed by atoms with Crippen molar-refractivity contribution in [3.05, 3.63) is 82.9 Å². The highest BCUT2D eigenvalue weighted by molar-refractivity contribution is 7.25. The lowest BCUT2D eigenvalue weighted by Gasteiger charge is -2.11. The first-order valence-corrected chi connectivity index (χ1v) is 11.3. The first kappa shape index (κ1) is 21.2. The number of methoxy groups -OCH3 is 1. The number of thiophene rings is 1. The Balaban J connectivity index is 1.58. The second kappa shape index (κ2) is 8.69. The van der Waals surface area contributed by atoms with E-state index in [2.05, 4.69) is 17.4 Å². The van der Waals surface area contributed by atoms with Crippen LogP contribution in [0.1, 0.15) is 15.9 Å². The van der Waals surface area contributed by atoms with Gasteiger partial charge in [-0.2, -0.15) is 0 Å². The molecular weight excluding hydrogens is 458 g/mol. The zero-order valence-corrected chi connectivity index (χ0v) is 19.1. The Hall–Kier alpha value is -3.68. The van der Waals surface area contributed by atoms with E-state index >= 15 is 0 Å². The van der Waals surface area contributed by atoms with Crippen molar-refractivity contribution < 1.29 is 14.6 Å². The molecule has 0 spiro atoms. The number of hydrogen-bond acceptors (Lipinski definition) is 6. The van der Waals surface area contributed by atoms with Crippen molar-refractivity contribution in [1.29, 1.82) is 0 Å². The second-order valence-electron chi connectivity index (χ2n) is 7.38. The van der Waals surface area contributed by atoms with Gasteiger partial charge in [0.1, 0.15) is 16.4 Å². The Labute approximate surface area is 198 Å². The first-order chi connectivity index (χ1) is 16.0. The van der Waals surface area contributed by atoms with Gasteiger partial charge < -0.3 is 15.2 Å². The van der Waals surface area contributed by atoms with Gasteiger partial charge in [-0.3, -0.25) is 0 Å². The summed E-state index contributed by atoms with van der Waals surface area (Å²) in [5.74, 6) is 0.895. The van der Waals surface area contributed by atoms with Crippen LogP contribution in [-0.2, 0) is 6.54 Å². The summed E-state index contributed by atoms with van der Waals surface area (Å²) < 4.78 is 6.36. The van der Waals surface area contributed by atoms with Crippen LogP contribution in [0.5, 0.6) is 5.75 Å². The molecule has 0 fully saturated rings. The number of carboxylic acids is 1. The lowest BCUT2D eigenvalue weighted by Crippen LogP contribution is -2.04.